The summed E-state index contributed by atoms with van der Waals surface area (Å²) in [7, 11) is -2.17. The lowest BCUT2D eigenvalue weighted by Gasteiger charge is -2.27. The summed E-state index contributed by atoms with van der Waals surface area (Å²) < 4.78 is 33.9. The summed E-state index contributed by atoms with van der Waals surface area (Å²) >= 11 is 6.00. The Hall–Kier alpha value is -1.57. The van der Waals surface area contributed by atoms with Gasteiger partial charge in [-0.05, 0) is 12.1 Å². The molecule has 1 aromatic heterocycles. The molecule has 0 N–H and O–H groups in total. The number of ether oxygens (including phenoxy) is 1. The van der Waals surface area contributed by atoms with Crippen LogP contribution in [0.1, 0.15) is 5.82 Å². The summed E-state index contributed by atoms with van der Waals surface area (Å²) in [6.45, 7) is 1.04. The zero-order valence-electron chi connectivity index (χ0n) is 11.4. The van der Waals surface area contributed by atoms with Gasteiger partial charge in [0.15, 0.2) is 0 Å². The molecule has 1 aromatic carbocycles. The average molecular weight is 328 g/mol. The first kappa shape index (κ1) is 14.4. The second-order valence-corrected chi connectivity index (χ2v) is 6.93. The third-order valence-corrected chi connectivity index (χ3v) is 5.65. The van der Waals surface area contributed by atoms with Gasteiger partial charge in [0.1, 0.15) is 21.6 Å². The Balaban J connectivity index is 1.97. The zero-order chi connectivity index (χ0) is 15.0. The molecule has 112 valence electrons. The van der Waals surface area contributed by atoms with Gasteiger partial charge in [-0.25, -0.2) is 13.4 Å². The predicted molar refractivity (Wildman–Crippen MR) is 77.8 cm³/mol. The minimum atomic E-state index is -3.63. The molecule has 0 spiro atoms. The van der Waals surface area contributed by atoms with Crippen molar-refractivity contribution in [3.8, 4) is 5.75 Å². The minimum Gasteiger partial charge on any atom is -0.495 e. The Morgan fingerprint density at radius 1 is 1.29 bits per heavy atom. The lowest BCUT2D eigenvalue weighted by molar-refractivity contribution is 0.332. The molecule has 8 heteroatoms. The van der Waals surface area contributed by atoms with Crippen molar-refractivity contribution in [1.29, 1.82) is 0 Å². The summed E-state index contributed by atoms with van der Waals surface area (Å²) in [4.78, 5) is 4.32. The number of methoxy groups -OCH3 is 1. The van der Waals surface area contributed by atoms with Crippen LogP contribution in [0.2, 0.25) is 5.15 Å². The van der Waals surface area contributed by atoms with Gasteiger partial charge in [0.2, 0.25) is 10.0 Å². The number of hydrogen-bond donors (Lipinski definition) is 0. The summed E-state index contributed by atoms with van der Waals surface area (Å²) in [5.41, 5.74) is 0. The van der Waals surface area contributed by atoms with Crippen LogP contribution in [0.15, 0.2) is 35.4 Å². The van der Waals surface area contributed by atoms with Crippen LogP contribution in [-0.4, -0.2) is 35.9 Å². The van der Waals surface area contributed by atoms with Crippen LogP contribution in [0.5, 0.6) is 5.75 Å². The van der Waals surface area contributed by atoms with E-state index in [2.05, 4.69) is 4.98 Å². The molecular formula is C13H14ClN3O3S. The van der Waals surface area contributed by atoms with Gasteiger partial charge in [-0.3, -0.25) is 0 Å². The van der Waals surface area contributed by atoms with E-state index < -0.39 is 10.0 Å². The first-order valence-corrected chi connectivity index (χ1v) is 8.19. The van der Waals surface area contributed by atoms with Crippen LogP contribution < -0.4 is 4.74 Å². The molecule has 2 aromatic rings. The number of aromatic nitrogens is 2. The fourth-order valence-corrected chi connectivity index (χ4v) is 4.15. The number of rotatable bonds is 3. The Morgan fingerprint density at radius 3 is 2.81 bits per heavy atom. The number of fused-ring (bicyclic) bond motifs is 1. The monoisotopic (exact) mass is 327 g/mol. The van der Waals surface area contributed by atoms with Crippen molar-refractivity contribution in [1.82, 2.24) is 13.9 Å². The van der Waals surface area contributed by atoms with E-state index in [4.69, 9.17) is 16.3 Å². The summed E-state index contributed by atoms with van der Waals surface area (Å²) in [5.74, 6) is 0.981. The number of benzene rings is 1. The molecule has 0 saturated heterocycles. The normalized spacial score (nSPS) is 15.7. The van der Waals surface area contributed by atoms with Crippen molar-refractivity contribution in [2.24, 2.45) is 0 Å². The van der Waals surface area contributed by atoms with E-state index in [1.165, 1.54) is 17.6 Å². The molecule has 1 aliphatic rings. The van der Waals surface area contributed by atoms with E-state index in [9.17, 15) is 8.42 Å². The summed E-state index contributed by atoms with van der Waals surface area (Å²) in [5, 5.41) is 0.527. The molecule has 0 aliphatic carbocycles. The van der Waals surface area contributed by atoms with Crippen molar-refractivity contribution in [2.75, 3.05) is 13.7 Å². The maximum atomic E-state index is 12.8. The summed E-state index contributed by atoms with van der Waals surface area (Å²) in [6, 6.07) is 6.59. The van der Waals surface area contributed by atoms with E-state index in [0.29, 0.717) is 29.8 Å². The van der Waals surface area contributed by atoms with E-state index in [-0.39, 0.29) is 11.4 Å². The highest BCUT2D eigenvalue weighted by Crippen LogP contribution is 2.29. The average Bonchev–Trinajstić information content (AvgIpc) is 2.88. The molecular weight excluding hydrogens is 314 g/mol. The molecule has 0 bridgehead atoms. The first-order valence-electron chi connectivity index (χ1n) is 6.37. The van der Waals surface area contributed by atoms with Crippen LogP contribution >= 0.6 is 11.6 Å². The quantitative estimate of drug-likeness (QED) is 0.861. The molecule has 0 radical (unpaired) electrons. The van der Waals surface area contributed by atoms with Gasteiger partial charge >= 0.3 is 0 Å². The SMILES string of the molecule is COc1ccccc1S(=O)(=O)N1CCn2c(Cl)cnc2C1. The van der Waals surface area contributed by atoms with Gasteiger partial charge in [0.25, 0.3) is 0 Å². The Morgan fingerprint density at radius 2 is 2.05 bits per heavy atom. The van der Waals surface area contributed by atoms with Crippen LogP contribution in [0, 0.1) is 0 Å². The number of halogens is 1. The predicted octanol–water partition coefficient (Wildman–Crippen LogP) is 1.75. The van der Waals surface area contributed by atoms with Crippen LogP contribution in [-0.2, 0) is 23.1 Å². The molecule has 21 heavy (non-hydrogen) atoms. The Bertz CT molecular complexity index is 773. The molecule has 0 amide bonds. The molecule has 2 heterocycles. The van der Waals surface area contributed by atoms with Crippen LogP contribution in [0.3, 0.4) is 0 Å². The van der Waals surface area contributed by atoms with Crippen molar-refractivity contribution in [3.05, 3.63) is 41.4 Å². The molecule has 6 nitrogen and oxygen atoms in total. The van der Waals surface area contributed by atoms with E-state index in [1.54, 1.807) is 24.3 Å². The number of sulfonamides is 1. The number of nitrogens with zero attached hydrogens (tertiary/aromatic N) is 3. The van der Waals surface area contributed by atoms with Gasteiger partial charge in [-0.2, -0.15) is 4.31 Å². The zero-order valence-corrected chi connectivity index (χ0v) is 12.9. The van der Waals surface area contributed by atoms with Crippen molar-refractivity contribution < 1.29 is 13.2 Å². The van der Waals surface area contributed by atoms with E-state index >= 15 is 0 Å². The number of hydrogen-bond acceptors (Lipinski definition) is 4. The fourth-order valence-electron chi connectivity index (χ4n) is 2.38. The van der Waals surface area contributed by atoms with Gasteiger partial charge in [0.05, 0.1) is 19.9 Å². The highest BCUT2D eigenvalue weighted by molar-refractivity contribution is 7.89. The van der Waals surface area contributed by atoms with E-state index in [1.807, 2.05) is 4.57 Å². The maximum Gasteiger partial charge on any atom is 0.247 e. The third-order valence-electron chi connectivity index (χ3n) is 3.47. The smallest absolute Gasteiger partial charge is 0.247 e. The topological polar surface area (TPSA) is 64.4 Å². The van der Waals surface area contributed by atoms with E-state index in [0.717, 1.165) is 0 Å². The highest BCUT2D eigenvalue weighted by atomic mass is 35.5. The molecule has 1 aliphatic heterocycles. The first-order chi connectivity index (χ1) is 10.0. The molecule has 3 rings (SSSR count). The van der Waals surface area contributed by atoms with Crippen molar-refractivity contribution in [3.63, 3.8) is 0 Å². The molecule has 0 saturated carbocycles. The number of imidazole rings is 1. The fraction of sp³-hybridized carbons (Fsp3) is 0.308. The lowest BCUT2D eigenvalue weighted by atomic mass is 10.3. The minimum absolute atomic E-state index is 0.165. The van der Waals surface area contributed by atoms with Crippen molar-refractivity contribution in [2.45, 2.75) is 18.0 Å². The van der Waals surface area contributed by atoms with Crippen LogP contribution in [0.25, 0.3) is 0 Å². The Labute approximate surface area is 128 Å². The second kappa shape index (κ2) is 5.32. The molecule has 0 atom stereocenters. The van der Waals surface area contributed by atoms with Gasteiger partial charge < -0.3 is 9.30 Å². The van der Waals surface area contributed by atoms with Gasteiger partial charge in [-0.15, -0.1) is 0 Å². The van der Waals surface area contributed by atoms with Gasteiger partial charge in [0, 0.05) is 13.1 Å². The Kier molecular flexibility index (Phi) is 3.64. The summed E-state index contributed by atoms with van der Waals surface area (Å²) in [6.07, 6.45) is 1.54. The second-order valence-electron chi connectivity index (χ2n) is 4.64. The standard InChI is InChI=1S/C13H14ClN3O3S/c1-20-10-4-2-3-5-11(10)21(18,19)16-6-7-17-12(14)8-15-13(17)9-16/h2-5,8H,6-7,9H2,1H3. The highest BCUT2D eigenvalue weighted by Gasteiger charge is 2.31. The van der Waals surface area contributed by atoms with Crippen LogP contribution in [0.4, 0.5) is 0 Å². The third kappa shape index (κ3) is 2.41. The number of para-hydroxylation sites is 1. The molecule has 0 unspecified atom stereocenters. The van der Waals surface area contributed by atoms with Crippen molar-refractivity contribution >= 4 is 21.6 Å². The maximum absolute atomic E-state index is 12.8. The van der Waals surface area contributed by atoms with Gasteiger partial charge in [-0.1, -0.05) is 23.7 Å². The molecule has 0 fully saturated rings. The lowest BCUT2D eigenvalue weighted by Crippen LogP contribution is -2.38. The largest absolute Gasteiger partial charge is 0.495 e.